The van der Waals surface area contributed by atoms with Crippen molar-refractivity contribution >= 4 is 33.4 Å². The number of nitrogens with zero attached hydrogens (tertiary/aromatic N) is 3. The predicted molar refractivity (Wildman–Crippen MR) is 118 cm³/mol. The Bertz CT molecular complexity index is 963. The molecule has 1 fully saturated rings. The van der Waals surface area contributed by atoms with Crippen molar-refractivity contribution in [1.29, 1.82) is 0 Å². The molecule has 2 aromatic carbocycles. The predicted octanol–water partition coefficient (Wildman–Crippen LogP) is 4.68. The Kier molecular flexibility index (Phi) is 6.33. The number of likely N-dealkylation sites (tertiary alicyclic amines) is 1. The summed E-state index contributed by atoms with van der Waals surface area (Å²) < 4.78 is 2.73. The van der Waals surface area contributed by atoms with E-state index in [9.17, 15) is 4.79 Å². The maximum Gasteiger partial charge on any atom is 0.254 e. The molecule has 3 aromatic rings. The number of benzene rings is 2. The van der Waals surface area contributed by atoms with Gasteiger partial charge in [-0.15, -0.1) is 0 Å². The van der Waals surface area contributed by atoms with Crippen LogP contribution >= 0.6 is 27.5 Å². The molecule has 1 aliphatic heterocycles. The zero-order valence-corrected chi connectivity index (χ0v) is 18.2. The molecule has 0 saturated carbocycles. The molecule has 7 heteroatoms. The standard InChI is InChI=1S/C22H22BrClN4O/c23-18-3-7-21(8-4-18)28-15-17(13-25-28)22(29)26-20-9-11-27(12-10-20)14-16-1-5-19(24)6-2-16/h1-8,13,15,20H,9-12,14H2,(H,26,29). The van der Waals surface area contributed by atoms with Gasteiger partial charge in [0.05, 0.1) is 17.4 Å². The van der Waals surface area contributed by atoms with E-state index in [1.165, 1.54) is 5.56 Å². The molecule has 0 bridgehead atoms. The van der Waals surface area contributed by atoms with E-state index in [-0.39, 0.29) is 11.9 Å². The largest absolute Gasteiger partial charge is 0.349 e. The highest BCUT2D eigenvalue weighted by atomic mass is 79.9. The van der Waals surface area contributed by atoms with Crippen LogP contribution in [0.4, 0.5) is 0 Å². The Morgan fingerprint density at radius 2 is 1.79 bits per heavy atom. The van der Waals surface area contributed by atoms with Crippen molar-refractivity contribution in [2.24, 2.45) is 0 Å². The molecule has 1 N–H and O–H groups in total. The Hall–Kier alpha value is -2.15. The summed E-state index contributed by atoms with van der Waals surface area (Å²) in [5.74, 6) is -0.0653. The number of hydrogen-bond acceptors (Lipinski definition) is 3. The fourth-order valence-corrected chi connectivity index (χ4v) is 3.92. The van der Waals surface area contributed by atoms with Gasteiger partial charge in [0.25, 0.3) is 5.91 Å². The fourth-order valence-electron chi connectivity index (χ4n) is 3.53. The summed E-state index contributed by atoms with van der Waals surface area (Å²) in [6, 6.07) is 16.0. The zero-order chi connectivity index (χ0) is 20.2. The van der Waals surface area contributed by atoms with E-state index in [0.29, 0.717) is 5.56 Å². The third-order valence-corrected chi connectivity index (χ3v) is 5.96. The van der Waals surface area contributed by atoms with Gasteiger partial charge >= 0.3 is 0 Å². The van der Waals surface area contributed by atoms with Crippen LogP contribution in [0.3, 0.4) is 0 Å². The summed E-state index contributed by atoms with van der Waals surface area (Å²) in [5.41, 5.74) is 2.76. The number of nitrogens with one attached hydrogen (secondary N) is 1. The zero-order valence-electron chi connectivity index (χ0n) is 15.9. The molecule has 0 unspecified atom stereocenters. The van der Waals surface area contributed by atoms with Gasteiger partial charge in [0.15, 0.2) is 0 Å². The number of piperidine rings is 1. The van der Waals surface area contributed by atoms with E-state index in [1.807, 2.05) is 36.4 Å². The summed E-state index contributed by atoms with van der Waals surface area (Å²) in [4.78, 5) is 15.0. The summed E-state index contributed by atoms with van der Waals surface area (Å²) in [6.07, 6.45) is 5.28. The summed E-state index contributed by atoms with van der Waals surface area (Å²) in [7, 11) is 0. The van der Waals surface area contributed by atoms with Gasteiger partial charge in [0.2, 0.25) is 0 Å². The van der Waals surface area contributed by atoms with Crippen molar-refractivity contribution in [3.05, 3.63) is 81.5 Å². The first-order valence-corrected chi connectivity index (χ1v) is 10.8. The lowest BCUT2D eigenvalue weighted by Crippen LogP contribution is -2.44. The van der Waals surface area contributed by atoms with E-state index in [0.717, 1.165) is 47.7 Å². The van der Waals surface area contributed by atoms with Gasteiger partial charge in [-0.05, 0) is 54.8 Å². The summed E-state index contributed by atoms with van der Waals surface area (Å²) in [5, 5.41) is 8.24. The van der Waals surface area contributed by atoms with Crippen LogP contribution in [0, 0.1) is 0 Å². The highest BCUT2D eigenvalue weighted by Gasteiger charge is 2.22. The lowest BCUT2D eigenvalue weighted by atomic mass is 10.0. The SMILES string of the molecule is O=C(NC1CCN(Cc2ccc(Cl)cc2)CC1)c1cnn(-c2ccc(Br)cc2)c1. The summed E-state index contributed by atoms with van der Waals surface area (Å²) in [6.45, 7) is 2.84. The molecule has 1 saturated heterocycles. The number of hydrogen-bond donors (Lipinski definition) is 1. The van der Waals surface area contributed by atoms with Crippen molar-refractivity contribution < 1.29 is 4.79 Å². The van der Waals surface area contributed by atoms with Gasteiger partial charge in [-0.1, -0.05) is 39.7 Å². The highest BCUT2D eigenvalue weighted by Crippen LogP contribution is 2.17. The van der Waals surface area contributed by atoms with Crippen LogP contribution in [0.5, 0.6) is 0 Å². The van der Waals surface area contributed by atoms with Crippen molar-refractivity contribution in [2.45, 2.75) is 25.4 Å². The third-order valence-electron chi connectivity index (χ3n) is 5.18. The fraction of sp³-hybridized carbons (Fsp3) is 0.273. The van der Waals surface area contributed by atoms with Crippen molar-refractivity contribution in [3.8, 4) is 5.69 Å². The van der Waals surface area contributed by atoms with E-state index < -0.39 is 0 Å². The number of carbonyl (C=O) groups is 1. The van der Waals surface area contributed by atoms with Crippen molar-refractivity contribution in [3.63, 3.8) is 0 Å². The first-order chi connectivity index (χ1) is 14.1. The monoisotopic (exact) mass is 472 g/mol. The highest BCUT2D eigenvalue weighted by molar-refractivity contribution is 9.10. The smallest absolute Gasteiger partial charge is 0.254 e. The van der Waals surface area contributed by atoms with Crippen LogP contribution in [-0.4, -0.2) is 39.7 Å². The number of halogens is 2. The molecule has 150 valence electrons. The first kappa shape index (κ1) is 20.1. The topological polar surface area (TPSA) is 50.2 Å². The molecule has 1 amide bonds. The van der Waals surface area contributed by atoms with E-state index in [4.69, 9.17) is 11.6 Å². The first-order valence-electron chi connectivity index (χ1n) is 9.65. The average molecular weight is 474 g/mol. The Labute approximate surface area is 183 Å². The maximum atomic E-state index is 12.6. The van der Waals surface area contributed by atoms with E-state index in [1.54, 1.807) is 17.1 Å². The number of rotatable bonds is 5. The third kappa shape index (κ3) is 5.26. The lowest BCUT2D eigenvalue weighted by Gasteiger charge is -2.32. The quantitative estimate of drug-likeness (QED) is 0.585. The van der Waals surface area contributed by atoms with Gasteiger partial charge in [-0.3, -0.25) is 9.69 Å². The Balaban J connectivity index is 1.28. The van der Waals surface area contributed by atoms with Gasteiger partial charge in [0, 0.05) is 41.4 Å². The second kappa shape index (κ2) is 9.11. The molecule has 0 aliphatic carbocycles. The van der Waals surface area contributed by atoms with Gasteiger partial charge in [-0.25, -0.2) is 4.68 Å². The van der Waals surface area contributed by atoms with Crippen LogP contribution in [-0.2, 0) is 6.54 Å². The molecule has 2 heterocycles. The molecular formula is C22H22BrClN4O. The minimum atomic E-state index is -0.0653. The minimum Gasteiger partial charge on any atom is -0.349 e. The molecule has 4 rings (SSSR count). The normalized spacial score (nSPS) is 15.4. The Morgan fingerprint density at radius 1 is 1.10 bits per heavy atom. The molecule has 0 atom stereocenters. The van der Waals surface area contributed by atoms with Crippen molar-refractivity contribution in [2.75, 3.05) is 13.1 Å². The van der Waals surface area contributed by atoms with E-state index >= 15 is 0 Å². The summed E-state index contributed by atoms with van der Waals surface area (Å²) >= 11 is 9.38. The number of carbonyl (C=O) groups excluding carboxylic acids is 1. The second-order valence-corrected chi connectivity index (χ2v) is 8.65. The molecule has 5 nitrogen and oxygen atoms in total. The second-order valence-electron chi connectivity index (χ2n) is 7.30. The average Bonchev–Trinajstić information content (AvgIpc) is 3.22. The van der Waals surface area contributed by atoms with Crippen LogP contribution < -0.4 is 5.32 Å². The minimum absolute atomic E-state index is 0.0653. The van der Waals surface area contributed by atoms with Crippen LogP contribution in [0.2, 0.25) is 5.02 Å². The molecule has 1 aliphatic rings. The van der Waals surface area contributed by atoms with Crippen LogP contribution in [0.25, 0.3) is 5.69 Å². The van der Waals surface area contributed by atoms with Gasteiger partial charge in [0.1, 0.15) is 0 Å². The van der Waals surface area contributed by atoms with Gasteiger partial charge < -0.3 is 5.32 Å². The number of amides is 1. The number of aromatic nitrogens is 2. The van der Waals surface area contributed by atoms with Gasteiger partial charge in [-0.2, -0.15) is 5.10 Å². The van der Waals surface area contributed by atoms with Crippen LogP contribution in [0.1, 0.15) is 28.8 Å². The molecule has 0 radical (unpaired) electrons. The molecule has 29 heavy (non-hydrogen) atoms. The van der Waals surface area contributed by atoms with E-state index in [2.05, 4.69) is 43.4 Å². The lowest BCUT2D eigenvalue weighted by molar-refractivity contribution is 0.0909. The maximum absolute atomic E-state index is 12.6. The molecular weight excluding hydrogens is 452 g/mol. The van der Waals surface area contributed by atoms with Crippen molar-refractivity contribution in [1.82, 2.24) is 20.0 Å². The molecule has 1 aromatic heterocycles. The Morgan fingerprint density at radius 3 is 2.48 bits per heavy atom. The molecule has 0 spiro atoms. The van der Waals surface area contributed by atoms with Crippen LogP contribution in [0.15, 0.2) is 65.4 Å².